The number of phenols is 2. The SMILES string of the molecule is N#C/C(=C/c1ccc(O)c(O)c1)C(=O)N1CCc2ccccc21. The minimum atomic E-state index is -0.370. The minimum absolute atomic E-state index is 0.0215. The average Bonchev–Trinajstić information content (AvgIpc) is 2.99. The third-order valence-corrected chi connectivity index (χ3v) is 3.79. The second-order valence-corrected chi connectivity index (χ2v) is 5.25. The van der Waals surface area contributed by atoms with Gasteiger partial charge in [0.25, 0.3) is 5.91 Å². The molecule has 2 N–H and O–H groups in total. The zero-order valence-corrected chi connectivity index (χ0v) is 12.2. The molecule has 0 spiro atoms. The van der Waals surface area contributed by atoms with E-state index in [1.54, 1.807) is 4.90 Å². The first-order valence-electron chi connectivity index (χ1n) is 7.13. The van der Waals surface area contributed by atoms with Crippen molar-refractivity contribution in [1.82, 2.24) is 0 Å². The summed E-state index contributed by atoms with van der Waals surface area (Å²) in [6.07, 6.45) is 2.17. The van der Waals surface area contributed by atoms with Crippen molar-refractivity contribution in [3.63, 3.8) is 0 Å². The lowest BCUT2D eigenvalue weighted by Gasteiger charge is -2.16. The molecule has 23 heavy (non-hydrogen) atoms. The Morgan fingerprint density at radius 3 is 2.70 bits per heavy atom. The van der Waals surface area contributed by atoms with E-state index >= 15 is 0 Å². The van der Waals surface area contributed by atoms with E-state index in [1.165, 1.54) is 24.3 Å². The van der Waals surface area contributed by atoms with Gasteiger partial charge in [0.1, 0.15) is 11.6 Å². The van der Waals surface area contributed by atoms with Crippen molar-refractivity contribution in [3.05, 3.63) is 59.2 Å². The van der Waals surface area contributed by atoms with Crippen LogP contribution in [-0.2, 0) is 11.2 Å². The average molecular weight is 306 g/mol. The highest BCUT2D eigenvalue weighted by Gasteiger charge is 2.26. The van der Waals surface area contributed by atoms with E-state index in [2.05, 4.69) is 0 Å². The summed E-state index contributed by atoms with van der Waals surface area (Å²) in [5, 5.41) is 28.1. The van der Waals surface area contributed by atoms with Gasteiger partial charge in [-0.25, -0.2) is 0 Å². The fourth-order valence-corrected chi connectivity index (χ4v) is 2.63. The summed E-state index contributed by atoms with van der Waals surface area (Å²) in [6.45, 7) is 0.540. The number of fused-ring (bicyclic) bond motifs is 1. The molecule has 0 unspecified atom stereocenters. The van der Waals surface area contributed by atoms with Crippen molar-refractivity contribution in [2.45, 2.75) is 6.42 Å². The van der Waals surface area contributed by atoms with E-state index in [0.717, 1.165) is 17.7 Å². The van der Waals surface area contributed by atoms with Gasteiger partial charge in [-0.1, -0.05) is 24.3 Å². The van der Waals surface area contributed by atoms with Crippen LogP contribution in [0.3, 0.4) is 0 Å². The fourth-order valence-electron chi connectivity index (χ4n) is 2.63. The number of phenolic OH excluding ortho intramolecular Hbond substituents is 2. The number of para-hydroxylation sites is 1. The van der Waals surface area contributed by atoms with Gasteiger partial charge in [0.05, 0.1) is 0 Å². The molecule has 1 amide bonds. The molecule has 2 aromatic carbocycles. The number of nitriles is 1. The Kier molecular flexibility index (Phi) is 3.73. The summed E-state index contributed by atoms with van der Waals surface area (Å²) in [5.74, 6) is -0.916. The number of hydrogen-bond acceptors (Lipinski definition) is 4. The summed E-state index contributed by atoms with van der Waals surface area (Å²) < 4.78 is 0. The standard InChI is InChI=1S/C18H14N2O3/c19-11-14(9-12-5-6-16(21)17(22)10-12)18(23)20-8-7-13-3-1-2-4-15(13)20/h1-6,9-10,21-22H,7-8H2/b14-9-. The van der Waals surface area contributed by atoms with Crippen LogP contribution in [0, 0.1) is 11.3 Å². The first-order valence-corrected chi connectivity index (χ1v) is 7.13. The van der Waals surface area contributed by atoms with Crippen LogP contribution in [-0.4, -0.2) is 22.7 Å². The fraction of sp³-hybridized carbons (Fsp3) is 0.111. The van der Waals surface area contributed by atoms with E-state index in [9.17, 15) is 20.3 Å². The van der Waals surface area contributed by atoms with Gasteiger partial charge in [-0.05, 0) is 41.8 Å². The molecule has 0 aromatic heterocycles. The number of hydrogen-bond donors (Lipinski definition) is 2. The van der Waals surface area contributed by atoms with Gasteiger partial charge < -0.3 is 15.1 Å². The molecule has 1 aliphatic rings. The Balaban J connectivity index is 1.92. The first-order chi connectivity index (χ1) is 11.1. The third-order valence-electron chi connectivity index (χ3n) is 3.79. The predicted octanol–water partition coefficient (Wildman–Crippen LogP) is 2.59. The summed E-state index contributed by atoms with van der Waals surface area (Å²) in [4.78, 5) is 14.2. The van der Waals surface area contributed by atoms with Gasteiger partial charge >= 0.3 is 0 Å². The Morgan fingerprint density at radius 2 is 1.96 bits per heavy atom. The molecule has 5 heteroatoms. The third kappa shape index (κ3) is 2.74. The van der Waals surface area contributed by atoms with Crippen LogP contribution in [0.25, 0.3) is 6.08 Å². The molecule has 0 atom stereocenters. The number of benzene rings is 2. The maximum atomic E-state index is 12.6. The van der Waals surface area contributed by atoms with Gasteiger partial charge in [0.2, 0.25) is 0 Å². The van der Waals surface area contributed by atoms with Crippen molar-refractivity contribution < 1.29 is 15.0 Å². The predicted molar refractivity (Wildman–Crippen MR) is 85.9 cm³/mol. The molecule has 0 aliphatic carbocycles. The number of amides is 1. The topological polar surface area (TPSA) is 84.6 Å². The van der Waals surface area contributed by atoms with E-state index in [0.29, 0.717) is 12.1 Å². The van der Waals surface area contributed by atoms with Gasteiger partial charge in [0.15, 0.2) is 11.5 Å². The normalized spacial score (nSPS) is 13.5. The highest BCUT2D eigenvalue weighted by Crippen LogP contribution is 2.30. The molecule has 0 saturated heterocycles. The number of aromatic hydroxyl groups is 2. The maximum absolute atomic E-state index is 12.6. The quantitative estimate of drug-likeness (QED) is 0.507. The number of rotatable bonds is 2. The summed E-state index contributed by atoms with van der Waals surface area (Å²) >= 11 is 0. The molecule has 2 aromatic rings. The van der Waals surface area contributed by atoms with Crippen LogP contribution in [0.15, 0.2) is 48.0 Å². The zero-order chi connectivity index (χ0) is 16.4. The second kappa shape index (κ2) is 5.85. The van der Waals surface area contributed by atoms with Gasteiger partial charge in [0, 0.05) is 12.2 Å². The highest BCUT2D eigenvalue weighted by molar-refractivity contribution is 6.12. The van der Waals surface area contributed by atoms with Crippen molar-refractivity contribution in [3.8, 4) is 17.6 Å². The molecule has 1 aliphatic heterocycles. The van der Waals surface area contributed by atoms with Crippen LogP contribution in [0.5, 0.6) is 11.5 Å². The van der Waals surface area contributed by atoms with Crippen LogP contribution < -0.4 is 4.90 Å². The van der Waals surface area contributed by atoms with Crippen molar-refractivity contribution >= 4 is 17.7 Å². The summed E-state index contributed by atoms with van der Waals surface area (Å²) in [5.41, 5.74) is 2.36. The highest BCUT2D eigenvalue weighted by atomic mass is 16.3. The molecule has 0 saturated carbocycles. The Hall–Kier alpha value is -3.26. The zero-order valence-electron chi connectivity index (χ0n) is 12.2. The van der Waals surface area contributed by atoms with E-state index in [-0.39, 0.29) is 23.0 Å². The van der Waals surface area contributed by atoms with E-state index < -0.39 is 0 Å². The van der Waals surface area contributed by atoms with Crippen LogP contribution in [0.4, 0.5) is 5.69 Å². The number of nitrogens with zero attached hydrogens (tertiary/aromatic N) is 2. The van der Waals surface area contributed by atoms with Crippen molar-refractivity contribution in [2.75, 3.05) is 11.4 Å². The van der Waals surface area contributed by atoms with Gasteiger partial charge in [-0.15, -0.1) is 0 Å². The van der Waals surface area contributed by atoms with Gasteiger partial charge in [-0.2, -0.15) is 5.26 Å². The van der Waals surface area contributed by atoms with Crippen molar-refractivity contribution in [1.29, 1.82) is 5.26 Å². The molecule has 3 rings (SSSR count). The van der Waals surface area contributed by atoms with Crippen LogP contribution in [0.2, 0.25) is 0 Å². The van der Waals surface area contributed by atoms with Crippen LogP contribution >= 0.6 is 0 Å². The summed E-state index contributed by atoms with van der Waals surface area (Å²) in [7, 11) is 0. The summed E-state index contributed by atoms with van der Waals surface area (Å²) in [6, 6.07) is 13.7. The molecule has 1 heterocycles. The lowest BCUT2D eigenvalue weighted by Crippen LogP contribution is -2.29. The second-order valence-electron chi connectivity index (χ2n) is 5.25. The first kappa shape index (κ1) is 14.7. The molecular weight excluding hydrogens is 292 g/mol. The number of carbonyl (C=O) groups is 1. The number of carbonyl (C=O) groups excluding carboxylic acids is 1. The van der Waals surface area contributed by atoms with Crippen LogP contribution in [0.1, 0.15) is 11.1 Å². The Morgan fingerprint density at radius 1 is 1.17 bits per heavy atom. The lowest BCUT2D eigenvalue weighted by atomic mass is 10.1. The van der Waals surface area contributed by atoms with E-state index in [1.807, 2.05) is 30.3 Å². The smallest absolute Gasteiger partial charge is 0.268 e. The molecule has 114 valence electrons. The maximum Gasteiger partial charge on any atom is 0.268 e. The Labute approximate surface area is 133 Å². The van der Waals surface area contributed by atoms with Gasteiger partial charge in [-0.3, -0.25) is 4.79 Å². The minimum Gasteiger partial charge on any atom is -0.504 e. The van der Waals surface area contributed by atoms with E-state index in [4.69, 9.17) is 0 Å². The Bertz CT molecular complexity index is 850. The largest absolute Gasteiger partial charge is 0.504 e. The molecule has 0 fully saturated rings. The lowest BCUT2D eigenvalue weighted by molar-refractivity contribution is -0.114. The molecule has 0 bridgehead atoms. The monoisotopic (exact) mass is 306 g/mol. The molecule has 0 radical (unpaired) electrons. The molecule has 5 nitrogen and oxygen atoms in total. The number of anilines is 1. The molecular formula is C18H14N2O3. The van der Waals surface area contributed by atoms with Crippen molar-refractivity contribution in [2.24, 2.45) is 0 Å².